The zero-order valence-electron chi connectivity index (χ0n) is 16.6. The van der Waals surface area contributed by atoms with Gasteiger partial charge in [-0.1, -0.05) is 12.1 Å². The van der Waals surface area contributed by atoms with Crippen LogP contribution in [-0.2, 0) is 6.54 Å². The Morgan fingerprint density at radius 1 is 1.23 bits per heavy atom. The highest BCUT2D eigenvalue weighted by Gasteiger charge is 2.42. The number of aliphatic hydroxyl groups excluding tert-OH is 1. The molecule has 0 aliphatic carbocycles. The van der Waals surface area contributed by atoms with Crippen molar-refractivity contribution in [2.45, 2.75) is 37.6 Å². The van der Waals surface area contributed by atoms with E-state index >= 15 is 0 Å². The van der Waals surface area contributed by atoms with Crippen LogP contribution in [0.5, 0.6) is 0 Å². The minimum absolute atomic E-state index is 0.0911. The highest BCUT2D eigenvalue weighted by Crippen LogP contribution is 2.34. The van der Waals surface area contributed by atoms with Crippen LogP contribution in [0.2, 0.25) is 0 Å². The highest BCUT2D eigenvalue weighted by atomic mass is 16.3. The predicted octanol–water partition coefficient (Wildman–Crippen LogP) is 0.0663. The Kier molecular flexibility index (Phi) is 5.14. The molecule has 158 valence electrons. The van der Waals surface area contributed by atoms with Crippen LogP contribution in [-0.4, -0.2) is 65.3 Å². The third-order valence-electron chi connectivity index (χ3n) is 5.64. The van der Waals surface area contributed by atoms with Crippen LogP contribution in [0.25, 0.3) is 11.2 Å². The molecule has 1 fully saturated rings. The molecule has 2 aromatic heterocycles. The van der Waals surface area contributed by atoms with E-state index in [1.54, 1.807) is 40.7 Å². The van der Waals surface area contributed by atoms with Gasteiger partial charge in [0.25, 0.3) is 5.91 Å². The second-order valence-corrected chi connectivity index (χ2v) is 7.93. The summed E-state index contributed by atoms with van der Waals surface area (Å²) in [5.74, 6) is -0.00106. The summed E-state index contributed by atoms with van der Waals surface area (Å²) in [6, 6.07) is 6.45. The summed E-state index contributed by atoms with van der Waals surface area (Å²) in [6.07, 6.45) is 2.07. The number of aliphatic hydroxyl groups is 2. The molecule has 3 heterocycles. The van der Waals surface area contributed by atoms with E-state index in [2.05, 4.69) is 15.0 Å². The molecular weight excluding hydrogens is 386 g/mol. The number of aromatic nitrogens is 4. The SMILES string of the molecule is C[C@]1(O)C[C@@H](O)CN(C(=O)c2ccc(CN)cc2)C[C@@H]1n1cnc2c(N)ncnc21. The van der Waals surface area contributed by atoms with E-state index in [-0.39, 0.29) is 31.2 Å². The number of amides is 1. The monoisotopic (exact) mass is 411 g/mol. The number of nitrogens with zero attached hydrogens (tertiary/aromatic N) is 5. The number of carbonyl (C=O) groups excluding carboxylic acids is 1. The minimum Gasteiger partial charge on any atom is -0.391 e. The lowest BCUT2D eigenvalue weighted by Gasteiger charge is -2.34. The molecule has 1 aliphatic heterocycles. The Morgan fingerprint density at radius 3 is 2.67 bits per heavy atom. The van der Waals surface area contributed by atoms with Gasteiger partial charge >= 0.3 is 0 Å². The van der Waals surface area contributed by atoms with Gasteiger partial charge in [-0.2, -0.15) is 0 Å². The van der Waals surface area contributed by atoms with E-state index < -0.39 is 17.7 Å². The van der Waals surface area contributed by atoms with Crippen molar-refractivity contribution in [3.8, 4) is 0 Å². The maximum atomic E-state index is 13.2. The number of imidazole rings is 1. The number of anilines is 1. The van der Waals surface area contributed by atoms with E-state index in [9.17, 15) is 15.0 Å². The first kappa shape index (κ1) is 20.2. The van der Waals surface area contributed by atoms with Gasteiger partial charge in [0.2, 0.25) is 0 Å². The molecule has 0 radical (unpaired) electrons. The zero-order chi connectivity index (χ0) is 21.5. The molecule has 0 saturated carbocycles. The highest BCUT2D eigenvalue weighted by molar-refractivity contribution is 5.94. The molecule has 10 heteroatoms. The standard InChI is InChI=1S/C20H25N7O3/c1-20(30)6-14(28)8-26(19(29)13-4-2-12(7-21)3-5-13)9-15(20)27-11-25-16-17(22)23-10-24-18(16)27/h2-5,10-11,14-15,28,30H,6-9,21H2,1H3,(H2,22,23,24)/t14-,15+,20+/m1/s1. The summed E-state index contributed by atoms with van der Waals surface area (Å²) in [5, 5.41) is 21.7. The van der Waals surface area contributed by atoms with E-state index in [0.717, 1.165) is 5.56 Å². The molecular formula is C20H25N7O3. The molecule has 10 nitrogen and oxygen atoms in total. The predicted molar refractivity (Wildman–Crippen MR) is 110 cm³/mol. The molecule has 1 aromatic carbocycles. The maximum Gasteiger partial charge on any atom is 0.254 e. The topological polar surface area (TPSA) is 156 Å². The number of fused-ring (bicyclic) bond motifs is 1. The number of carbonyl (C=O) groups is 1. The molecule has 4 rings (SSSR count). The number of rotatable bonds is 3. The van der Waals surface area contributed by atoms with E-state index in [4.69, 9.17) is 11.5 Å². The quantitative estimate of drug-likeness (QED) is 0.471. The molecule has 1 saturated heterocycles. The van der Waals surface area contributed by atoms with Crippen molar-refractivity contribution in [3.05, 3.63) is 48.0 Å². The normalized spacial score (nSPS) is 24.7. The maximum absolute atomic E-state index is 13.2. The first-order valence-electron chi connectivity index (χ1n) is 9.72. The van der Waals surface area contributed by atoms with Crippen LogP contribution in [0, 0.1) is 0 Å². The second kappa shape index (κ2) is 7.63. The Hall–Kier alpha value is -3.08. The third kappa shape index (κ3) is 3.60. The van der Waals surface area contributed by atoms with Crippen LogP contribution in [0.4, 0.5) is 5.82 Å². The largest absolute Gasteiger partial charge is 0.391 e. The van der Waals surface area contributed by atoms with Gasteiger partial charge in [-0.25, -0.2) is 15.0 Å². The molecule has 3 aromatic rings. The molecule has 6 N–H and O–H groups in total. The van der Waals surface area contributed by atoms with Crippen molar-refractivity contribution in [1.82, 2.24) is 24.4 Å². The zero-order valence-corrected chi connectivity index (χ0v) is 16.6. The van der Waals surface area contributed by atoms with Gasteiger partial charge in [0.1, 0.15) is 11.8 Å². The van der Waals surface area contributed by atoms with Crippen molar-refractivity contribution in [2.24, 2.45) is 5.73 Å². The summed E-state index contributed by atoms with van der Waals surface area (Å²) in [5.41, 5.74) is 12.5. The van der Waals surface area contributed by atoms with Crippen LogP contribution in [0.3, 0.4) is 0 Å². The van der Waals surface area contributed by atoms with Crippen LogP contribution in [0.15, 0.2) is 36.9 Å². The lowest BCUT2D eigenvalue weighted by Crippen LogP contribution is -2.42. The smallest absolute Gasteiger partial charge is 0.254 e. The van der Waals surface area contributed by atoms with E-state index in [1.165, 1.54) is 12.7 Å². The van der Waals surface area contributed by atoms with Crippen molar-refractivity contribution < 1.29 is 15.0 Å². The summed E-state index contributed by atoms with van der Waals surface area (Å²) in [4.78, 5) is 27.2. The van der Waals surface area contributed by atoms with Gasteiger partial charge in [-0.3, -0.25) is 4.79 Å². The average Bonchev–Trinajstić information content (AvgIpc) is 3.10. The van der Waals surface area contributed by atoms with Crippen molar-refractivity contribution >= 4 is 22.9 Å². The van der Waals surface area contributed by atoms with Crippen LogP contribution in [0.1, 0.15) is 35.3 Å². The van der Waals surface area contributed by atoms with Gasteiger partial charge in [0.15, 0.2) is 11.5 Å². The lowest BCUT2D eigenvalue weighted by atomic mass is 9.91. The first-order valence-corrected chi connectivity index (χ1v) is 9.72. The summed E-state index contributed by atoms with van der Waals surface area (Å²) < 4.78 is 1.70. The molecule has 30 heavy (non-hydrogen) atoms. The fraction of sp³-hybridized carbons (Fsp3) is 0.400. The molecule has 3 atom stereocenters. The number of nitrogens with two attached hydrogens (primary N) is 2. The fourth-order valence-electron chi connectivity index (χ4n) is 4.03. The number of nitrogen functional groups attached to an aromatic ring is 1. The van der Waals surface area contributed by atoms with Gasteiger partial charge in [0, 0.05) is 31.6 Å². The van der Waals surface area contributed by atoms with Crippen molar-refractivity contribution in [1.29, 1.82) is 0 Å². The van der Waals surface area contributed by atoms with Crippen molar-refractivity contribution in [3.63, 3.8) is 0 Å². The fourth-order valence-corrected chi connectivity index (χ4v) is 4.03. The average molecular weight is 411 g/mol. The third-order valence-corrected chi connectivity index (χ3v) is 5.64. The van der Waals surface area contributed by atoms with E-state index in [1.807, 2.05) is 0 Å². The summed E-state index contributed by atoms with van der Waals surface area (Å²) in [7, 11) is 0. The molecule has 1 aliphatic rings. The Labute approximate surface area is 173 Å². The Balaban J connectivity index is 1.71. The number of hydrogen-bond donors (Lipinski definition) is 4. The first-order chi connectivity index (χ1) is 14.3. The van der Waals surface area contributed by atoms with Gasteiger partial charge in [-0.05, 0) is 24.6 Å². The molecule has 0 spiro atoms. The minimum atomic E-state index is -1.31. The number of benzene rings is 1. The van der Waals surface area contributed by atoms with Crippen LogP contribution < -0.4 is 11.5 Å². The second-order valence-electron chi connectivity index (χ2n) is 7.93. The summed E-state index contributed by atoms with van der Waals surface area (Å²) in [6.45, 7) is 2.30. The number of hydrogen-bond acceptors (Lipinski definition) is 8. The van der Waals surface area contributed by atoms with Gasteiger partial charge in [-0.15, -0.1) is 0 Å². The molecule has 0 unspecified atom stereocenters. The van der Waals surface area contributed by atoms with Crippen molar-refractivity contribution in [2.75, 3.05) is 18.8 Å². The number of β-amino-alcohol motifs (C(OH)–C–C–N with tert-alkyl or cyclic N) is 1. The Bertz CT molecular complexity index is 1060. The Morgan fingerprint density at radius 2 is 1.97 bits per heavy atom. The number of likely N-dealkylation sites (tertiary alicyclic amines) is 1. The van der Waals surface area contributed by atoms with Gasteiger partial charge in [0.05, 0.1) is 24.1 Å². The molecule has 0 bridgehead atoms. The summed E-state index contributed by atoms with van der Waals surface area (Å²) >= 11 is 0. The molecule has 1 amide bonds. The van der Waals surface area contributed by atoms with E-state index in [0.29, 0.717) is 23.3 Å². The van der Waals surface area contributed by atoms with Crippen LogP contribution >= 0.6 is 0 Å². The lowest BCUT2D eigenvalue weighted by molar-refractivity contribution is -0.0217. The van der Waals surface area contributed by atoms with Gasteiger partial charge < -0.3 is 31.1 Å².